The molecule has 128 valence electrons. The van der Waals surface area contributed by atoms with Crippen molar-refractivity contribution in [2.75, 3.05) is 13.2 Å². The number of nitrogens with zero attached hydrogens (tertiary/aromatic N) is 1. The Morgan fingerprint density at radius 2 is 1.80 bits per heavy atom. The first kappa shape index (κ1) is 16.1. The Kier molecular flexibility index (Phi) is 4.19. The Morgan fingerprint density at radius 1 is 1.00 bits per heavy atom. The van der Waals surface area contributed by atoms with Crippen molar-refractivity contribution in [3.05, 3.63) is 53.4 Å². The predicted octanol–water partition coefficient (Wildman–Crippen LogP) is 3.87. The summed E-state index contributed by atoms with van der Waals surface area (Å²) in [6.07, 6.45) is 2.16. The second-order valence-electron chi connectivity index (χ2n) is 5.56. The lowest BCUT2D eigenvalue weighted by Crippen LogP contribution is -1.99. The van der Waals surface area contributed by atoms with Gasteiger partial charge in [-0.3, -0.25) is 0 Å². The zero-order chi connectivity index (χ0) is 17.3. The number of thiophene rings is 1. The average Bonchev–Trinajstić information content (AvgIpc) is 2.89. The van der Waals surface area contributed by atoms with Gasteiger partial charge in [0.25, 0.3) is 10.0 Å². The van der Waals surface area contributed by atoms with Gasteiger partial charge in [-0.2, -0.15) is 12.8 Å². The minimum absolute atomic E-state index is 0.0918. The molecular weight excluding hydrogens is 358 g/mol. The third-order valence-electron chi connectivity index (χ3n) is 3.78. The van der Waals surface area contributed by atoms with E-state index in [2.05, 4.69) is 4.40 Å². The summed E-state index contributed by atoms with van der Waals surface area (Å²) < 4.78 is 41.0. The van der Waals surface area contributed by atoms with Crippen LogP contribution >= 0.6 is 11.3 Å². The summed E-state index contributed by atoms with van der Waals surface area (Å²) in [5, 5.41) is 1.07. The molecule has 0 radical (unpaired) electrons. The highest BCUT2D eigenvalue weighted by Crippen LogP contribution is 2.32. The van der Waals surface area contributed by atoms with E-state index in [9.17, 15) is 8.42 Å². The molecule has 2 aromatic carbocycles. The van der Waals surface area contributed by atoms with Crippen molar-refractivity contribution in [1.82, 2.24) is 0 Å². The van der Waals surface area contributed by atoms with Crippen molar-refractivity contribution in [3.8, 4) is 11.5 Å². The number of rotatable bonds is 3. The molecule has 0 spiro atoms. The van der Waals surface area contributed by atoms with Crippen molar-refractivity contribution in [1.29, 1.82) is 0 Å². The number of hydrogen-bond acceptors (Lipinski definition) is 5. The molecule has 0 saturated carbocycles. The molecule has 5 nitrogen and oxygen atoms in total. The first-order chi connectivity index (χ1) is 12.1. The van der Waals surface area contributed by atoms with Gasteiger partial charge in [-0.1, -0.05) is 18.2 Å². The van der Waals surface area contributed by atoms with Crippen molar-refractivity contribution >= 4 is 37.7 Å². The zero-order valence-electron chi connectivity index (χ0n) is 13.2. The predicted molar refractivity (Wildman–Crippen MR) is 98.7 cm³/mol. The molecule has 0 saturated heterocycles. The maximum Gasteiger partial charge on any atom is 0.282 e. The molecule has 1 aliphatic rings. The molecule has 3 aromatic rings. The van der Waals surface area contributed by atoms with Gasteiger partial charge in [-0.25, -0.2) is 0 Å². The van der Waals surface area contributed by atoms with E-state index in [0.717, 1.165) is 21.4 Å². The van der Waals surface area contributed by atoms with Crippen LogP contribution in [-0.4, -0.2) is 27.8 Å². The Hall–Kier alpha value is -2.38. The average molecular weight is 373 g/mol. The highest BCUT2D eigenvalue weighted by atomic mass is 32.2. The van der Waals surface area contributed by atoms with Crippen molar-refractivity contribution in [2.24, 2.45) is 4.40 Å². The Morgan fingerprint density at radius 3 is 2.64 bits per heavy atom. The summed E-state index contributed by atoms with van der Waals surface area (Å²) in [4.78, 5) is 0.883. The second-order valence-corrected chi connectivity index (χ2v) is 8.30. The molecule has 25 heavy (non-hydrogen) atoms. The van der Waals surface area contributed by atoms with Crippen LogP contribution in [0.5, 0.6) is 11.5 Å². The Labute approximate surface area is 149 Å². The zero-order valence-corrected chi connectivity index (χ0v) is 14.8. The van der Waals surface area contributed by atoms with Gasteiger partial charge in [-0.15, -0.1) is 11.3 Å². The summed E-state index contributed by atoms with van der Waals surface area (Å²) in [7, 11) is -3.80. The summed E-state index contributed by atoms with van der Waals surface area (Å²) in [6.45, 7) is 1.06. The van der Waals surface area contributed by atoms with Gasteiger partial charge in [0.05, 0.1) is 24.3 Å². The van der Waals surface area contributed by atoms with Crippen LogP contribution in [0.2, 0.25) is 0 Å². The molecule has 7 heteroatoms. The molecule has 0 aliphatic carbocycles. The van der Waals surface area contributed by atoms with Crippen LogP contribution in [-0.2, 0) is 10.0 Å². The van der Waals surface area contributed by atoms with E-state index in [1.165, 1.54) is 29.7 Å². The van der Waals surface area contributed by atoms with Crippen molar-refractivity contribution in [2.45, 2.75) is 11.3 Å². The normalized spacial score (nSPS) is 14.7. The Bertz CT molecular complexity index is 1020. The van der Waals surface area contributed by atoms with Gasteiger partial charge in [0, 0.05) is 22.1 Å². The number of benzene rings is 2. The third-order valence-corrected chi connectivity index (χ3v) is 6.06. The minimum atomic E-state index is -3.80. The SMILES string of the molecule is O=S(=O)(/N=C\c1cc2ccccc2s1)c1ccc2c(c1)OCCCO2. The highest BCUT2D eigenvalue weighted by Gasteiger charge is 2.17. The van der Waals surface area contributed by atoms with Crippen LogP contribution in [0.1, 0.15) is 11.3 Å². The summed E-state index contributed by atoms with van der Waals surface area (Å²) in [5.41, 5.74) is 0. The standard InChI is InChI=1S/C18H15NO4S2/c20-25(21,15-6-7-16-17(11-15)23-9-3-8-22-16)19-12-14-10-13-4-1-2-5-18(13)24-14/h1-2,4-7,10-12H,3,8-9H2/b19-12-. The number of fused-ring (bicyclic) bond motifs is 2. The molecule has 0 bridgehead atoms. The highest BCUT2D eigenvalue weighted by molar-refractivity contribution is 7.90. The maximum absolute atomic E-state index is 12.5. The van der Waals surface area contributed by atoms with E-state index in [0.29, 0.717) is 24.7 Å². The van der Waals surface area contributed by atoms with Gasteiger partial charge in [0.1, 0.15) is 0 Å². The minimum Gasteiger partial charge on any atom is -0.490 e. The fourth-order valence-electron chi connectivity index (χ4n) is 2.55. The Balaban J connectivity index is 1.64. The molecule has 0 atom stereocenters. The van der Waals surface area contributed by atoms with Crippen molar-refractivity contribution in [3.63, 3.8) is 0 Å². The van der Waals surface area contributed by atoms with E-state index in [-0.39, 0.29) is 4.90 Å². The molecule has 0 unspecified atom stereocenters. The van der Waals surface area contributed by atoms with Crippen LogP contribution in [0.3, 0.4) is 0 Å². The third kappa shape index (κ3) is 3.38. The van der Waals surface area contributed by atoms with Crippen LogP contribution in [0.25, 0.3) is 10.1 Å². The lowest BCUT2D eigenvalue weighted by atomic mass is 10.2. The van der Waals surface area contributed by atoms with Gasteiger partial charge in [-0.05, 0) is 29.7 Å². The van der Waals surface area contributed by atoms with E-state index in [1.807, 2.05) is 30.3 Å². The van der Waals surface area contributed by atoms with E-state index in [1.54, 1.807) is 6.07 Å². The lowest BCUT2D eigenvalue weighted by Gasteiger charge is -2.08. The van der Waals surface area contributed by atoms with Crippen LogP contribution in [0.15, 0.2) is 57.8 Å². The number of hydrogen-bond donors (Lipinski definition) is 0. The maximum atomic E-state index is 12.5. The van der Waals surface area contributed by atoms with Crippen LogP contribution in [0, 0.1) is 0 Å². The summed E-state index contributed by atoms with van der Waals surface area (Å²) in [5.74, 6) is 1.00. The molecular formula is C18H15NO4S2. The summed E-state index contributed by atoms with van der Waals surface area (Å²) in [6, 6.07) is 14.4. The van der Waals surface area contributed by atoms with E-state index < -0.39 is 10.0 Å². The number of ether oxygens (including phenoxy) is 2. The lowest BCUT2D eigenvalue weighted by molar-refractivity contribution is 0.297. The smallest absolute Gasteiger partial charge is 0.282 e. The molecule has 0 fully saturated rings. The monoisotopic (exact) mass is 373 g/mol. The van der Waals surface area contributed by atoms with Crippen LogP contribution < -0.4 is 9.47 Å². The van der Waals surface area contributed by atoms with Gasteiger partial charge in [0.15, 0.2) is 11.5 Å². The molecule has 1 aliphatic heterocycles. The molecule has 0 N–H and O–H groups in total. The van der Waals surface area contributed by atoms with E-state index in [4.69, 9.17) is 9.47 Å². The van der Waals surface area contributed by atoms with E-state index >= 15 is 0 Å². The topological polar surface area (TPSA) is 65.0 Å². The van der Waals surface area contributed by atoms with Gasteiger partial charge >= 0.3 is 0 Å². The van der Waals surface area contributed by atoms with Gasteiger partial charge in [0.2, 0.25) is 0 Å². The fraction of sp³-hybridized carbons (Fsp3) is 0.167. The van der Waals surface area contributed by atoms with Crippen molar-refractivity contribution < 1.29 is 17.9 Å². The number of sulfonamides is 1. The molecule has 0 amide bonds. The van der Waals surface area contributed by atoms with Gasteiger partial charge < -0.3 is 9.47 Å². The quantitative estimate of drug-likeness (QED) is 0.654. The first-order valence-corrected chi connectivity index (χ1v) is 10.1. The second kappa shape index (κ2) is 6.50. The first-order valence-electron chi connectivity index (χ1n) is 7.80. The molecule has 1 aromatic heterocycles. The largest absolute Gasteiger partial charge is 0.490 e. The molecule has 4 rings (SSSR count). The fourth-order valence-corrected chi connectivity index (χ4v) is 4.43. The summed E-state index contributed by atoms with van der Waals surface area (Å²) >= 11 is 1.50. The van der Waals surface area contributed by atoms with Crippen LogP contribution in [0.4, 0.5) is 0 Å². The molecule has 2 heterocycles.